The molecule has 7 heteroatoms. The fourth-order valence-electron chi connectivity index (χ4n) is 2.38. The van der Waals surface area contributed by atoms with Crippen molar-refractivity contribution in [3.05, 3.63) is 71.7 Å². The molecule has 0 radical (unpaired) electrons. The van der Waals surface area contributed by atoms with Crippen molar-refractivity contribution in [1.82, 2.24) is 9.78 Å². The highest BCUT2D eigenvalue weighted by atomic mass is 19.1. The van der Waals surface area contributed by atoms with Gasteiger partial charge in [-0.25, -0.2) is 9.07 Å². The molecule has 26 heavy (non-hydrogen) atoms. The number of ketones is 1. The molecule has 6 nitrogen and oxygen atoms in total. The highest BCUT2D eigenvalue weighted by Gasteiger charge is 2.18. The highest BCUT2D eigenvalue weighted by Crippen LogP contribution is 2.22. The third-order valence-electron chi connectivity index (χ3n) is 3.61. The number of rotatable bonds is 6. The van der Waals surface area contributed by atoms with E-state index in [9.17, 15) is 9.18 Å². The lowest BCUT2D eigenvalue weighted by Crippen LogP contribution is -2.11. The number of anilines is 1. The van der Waals surface area contributed by atoms with Crippen LogP contribution in [0.5, 0.6) is 5.75 Å². The van der Waals surface area contributed by atoms with Gasteiger partial charge in [-0.1, -0.05) is 19.6 Å². The zero-order valence-electron chi connectivity index (χ0n) is 13.4. The lowest BCUT2D eigenvalue weighted by atomic mass is 10.1. The molecule has 0 fully saturated rings. The van der Waals surface area contributed by atoms with Crippen LogP contribution in [0, 0.1) is 5.82 Å². The van der Waals surface area contributed by atoms with Crippen molar-refractivity contribution in [3.63, 3.8) is 0 Å². The SMILES string of the molecule is C.NCCOc1cccc(C(=O)c2cnn(-c3ccc(F)cc3)c2N)c1. The minimum atomic E-state index is -0.361. The lowest BCUT2D eigenvalue weighted by molar-refractivity contribution is 0.103. The van der Waals surface area contributed by atoms with E-state index in [1.165, 1.54) is 35.1 Å². The zero-order chi connectivity index (χ0) is 17.8. The van der Waals surface area contributed by atoms with Crippen LogP contribution in [0.3, 0.4) is 0 Å². The van der Waals surface area contributed by atoms with E-state index in [0.717, 1.165) is 0 Å². The van der Waals surface area contributed by atoms with E-state index >= 15 is 0 Å². The summed E-state index contributed by atoms with van der Waals surface area (Å²) < 4.78 is 19.9. The maximum atomic E-state index is 13.0. The molecular formula is C19H21FN4O2. The third kappa shape index (κ3) is 3.89. The summed E-state index contributed by atoms with van der Waals surface area (Å²) in [7, 11) is 0. The molecule has 0 spiro atoms. The lowest BCUT2D eigenvalue weighted by Gasteiger charge is -2.07. The van der Waals surface area contributed by atoms with Crippen LogP contribution in [-0.4, -0.2) is 28.7 Å². The highest BCUT2D eigenvalue weighted by molar-refractivity contribution is 6.11. The van der Waals surface area contributed by atoms with Crippen LogP contribution in [0.4, 0.5) is 10.2 Å². The maximum absolute atomic E-state index is 13.0. The first-order valence-electron chi connectivity index (χ1n) is 7.67. The van der Waals surface area contributed by atoms with Gasteiger partial charge < -0.3 is 16.2 Å². The molecule has 1 heterocycles. The number of nitrogens with zero attached hydrogens (tertiary/aromatic N) is 2. The van der Waals surface area contributed by atoms with Gasteiger partial charge in [0.1, 0.15) is 24.0 Å². The Bertz CT molecular complexity index is 891. The summed E-state index contributed by atoms with van der Waals surface area (Å²) in [6, 6.07) is 12.4. The molecule has 4 N–H and O–H groups in total. The normalized spacial score (nSPS) is 10.2. The van der Waals surface area contributed by atoms with Crippen LogP contribution in [0.15, 0.2) is 54.7 Å². The smallest absolute Gasteiger partial charge is 0.198 e. The summed E-state index contributed by atoms with van der Waals surface area (Å²) in [5.74, 6) is 0.106. The van der Waals surface area contributed by atoms with Crippen LogP contribution in [0.2, 0.25) is 0 Å². The van der Waals surface area contributed by atoms with Crippen LogP contribution in [-0.2, 0) is 0 Å². The Hall–Kier alpha value is -3.19. The molecule has 0 bridgehead atoms. The van der Waals surface area contributed by atoms with E-state index in [0.29, 0.717) is 30.2 Å². The Morgan fingerprint density at radius 1 is 1.19 bits per heavy atom. The summed E-state index contributed by atoms with van der Waals surface area (Å²) in [5.41, 5.74) is 12.7. The van der Waals surface area contributed by atoms with Crippen molar-refractivity contribution in [2.75, 3.05) is 18.9 Å². The number of nitrogen functional groups attached to an aromatic ring is 1. The monoisotopic (exact) mass is 356 g/mol. The number of carbonyl (C=O) groups is 1. The minimum Gasteiger partial charge on any atom is -0.492 e. The summed E-state index contributed by atoms with van der Waals surface area (Å²) in [6.45, 7) is 0.748. The van der Waals surface area contributed by atoms with Gasteiger partial charge in [0, 0.05) is 12.1 Å². The first kappa shape index (κ1) is 19.1. The van der Waals surface area contributed by atoms with Crippen LogP contribution in [0.1, 0.15) is 23.3 Å². The van der Waals surface area contributed by atoms with Crippen molar-refractivity contribution in [2.45, 2.75) is 7.43 Å². The van der Waals surface area contributed by atoms with Crippen LogP contribution in [0.25, 0.3) is 5.69 Å². The molecule has 0 aliphatic carbocycles. The fraction of sp³-hybridized carbons (Fsp3) is 0.158. The first-order chi connectivity index (χ1) is 12.1. The van der Waals surface area contributed by atoms with Crippen molar-refractivity contribution >= 4 is 11.6 Å². The predicted molar refractivity (Wildman–Crippen MR) is 99.1 cm³/mol. The number of hydrogen-bond acceptors (Lipinski definition) is 5. The second kappa shape index (κ2) is 8.26. The van der Waals surface area contributed by atoms with Gasteiger partial charge in [-0.05, 0) is 36.4 Å². The molecule has 3 aromatic rings. The number of hydrogen-bond donors (Lipinski definition) is 2. The Balaban J connectivity index is 0.00000243. The van der Waals surface area contributed by atoms with E-state index in [1.54, 1.807) is 24.3 Å². The van der Waals surface area contributed by atoms with Gasteiger partial charge in [0.25, 0.3) is 0 Å². The van der Waals surface area contributed by atoms with E-state index in [-0.39, 0.29) is 30.4 Å². The van der Waals surface area contributed by atoms with Gasteiger partial charge in [-0.3, -0.25) is 4.79 Å². The van der Waals surface area contributed by atoms with Gasteiger partial charge in [0.15, 0.2) is 5.78 Å². The number of ether oxygens (including phenoxy) is 1. The Morgan fingerprint density at radius 3 is 2.62 bits per heavy atom. The molecular weight excluding hydrogens is 335 g/mol. The van der Waals surface area contributed by atoms with Crippen molar-refractivity contribution in [1.29, 1.82) is 0 Å². The van der Waals surface area contributed by atoms with Gasteiger partial charge >= 0.3 is 0 Å². The molecule has 1 aromatic heterocycles. The summed E-state index contributed by atoms with van der Waals surface area (Å²) in [4.78, 5) is 12.7. The standard InChI is InChI=1S/C18H17FN4O2.CH4/c19-13-4-6-14(7-5-13)23-18(21)16(11-22-23)17(24)12-2-1-3-15(10-12)25-9-8-20;/h1-7,10-11H,8-9,20-21H2;1H4. The molecule has 0 saturated heterocycles. The molecule has 0 atom stereocenters. The molecule has 0 aliphatic rings. The molecule has 2 aromatic carbocycles. The average molecular weight is 356 g/mol. The fourth-order valence-corrected chi connectivity index (χ4v) is 2.38. The number of carbonyl (C=O) groups excluding carboxylic acids is 1. The van der Waals surface area contributed by atoms with E-state index in [2.05, 4.69) is 5.10 Å². The number of benzene rings is 2. The van der Waals surface area contributed by atoms with Gasteiger partial charge in [0.05, 0.1) is 17.4 Å². The first-order valence-corrected chi connectivity index (χ1v) is 7.67. The number of aromatic nitrogens is 2. The third-order valence-corrected chi connectivity index (χ3v) is 3.61. The van der Waals surface area contributed by atoms with Crippen LogP contribution >= 0.6 is 0 Å². The van der Waals surface area contributed by atoms with E-state index in [4.69, 9.17) is 16.2 Å². The number of halogens is 1. The molecule has 0 amide bonds. The minimum absolute atomic E-state index is 0. The molecule has 136 valence electrons. The molecule has 0 aliphatic heterocycles. The average Bonchev–Trinajstić information content (AvgIpc) is 3.01. The summed E-state index contributed by atoms with van der Waals surface area (Å²) in [5, 5.41) is 4.13. The van der Waals surface area contributed by atoms with E-state index < -0.39 is 0 Å². The largest absolute Gasteiger partial charge is 0.492 e. The van der Waals surface area contributed by atoms with Gasteiger partial charge in [-0.15, -0.1) is 0 Å². The molecule has 0 saturated carbocycles. The van der Waals surface area contributed by atoms with Crippen LogP contribution < -0.4 is 16.2 Å². The van der Waals surface area contributed by atoms with Crippen molar-refractivity contribution in [2.24, 2.45) is 5.73 Å². The molecule has 0 unspecified atom stereocenters. The second-order valence-electron chi connectivity index (χ2n) is 5.33. The van der Waals surface area contributed by atoms with Gasteiger partial charge in [0.2, 0.25) is 0 Å². The summed E-state index contributed by atoms with van der Waals surface area (Å²) in [6.07, 6.45) is 1.40. The summed E-state index contributed by atoms with van der Waals surface area (Å²) >= 11 is 0. The Kier molecular flexibility index (Phi) is 6.08. The van der Waals surface area contributed by atoms with Crippen molar-refractivity contribution < 1.29 is 13.9 Å². The Morgan fingerprint density at radius 2 is 1.92 bits per heavy atom. The zero-order valence-corrected chi connectivity index (χ0v) is 13.4. The topological polar surface area (TPSA) is 96.2 Å². The predicted octanol–water partition coefficient (Wildman–Crippen LogP) is 2.80. The quantitative estimate of drug-likeness (QED) is 0.662. The molecule has 3 rings (SSSR count). The number of nitrogens with two attached hydrogens (primary N) is 2. The Labute approximate surface area is 151 Å². The maximum Gasteiger partial charge on any atom is 0.198 e. The van der Waals surface area contributed by atoms with Gasteiger partial charge in [-0.2, -0.15) is 5.10 Å². The second-order valence-corrected chi connectivity index (χ2v) is 5.33. The van der Waals surface area contributed by atoms with Crippen molar-refractivity contribution in [3.8, 4) is 11.4 Å². The van der Waals surface area contributed by atoms with E-state index in [1.807, 2.05) is 0 Å².